The number of hydrogen-bond donors (Lipinski definition) is 0. The van der Waals surface area contributed by atoms with Gasteiger partial charge < -0.3 is 0 Å². The van der Waals surface area contributed by atoms with Crippen molar-refractivity contribution in [3.8, 4) is 0 Å². The van der Waals surface area contributed by atoms with Crippen LogP contribution in [0.2, 0.25) is 0 Å². The van der Waals surface area contributed by atoms with Gasteiger partial charge in [-0.05, 0) is 30.3 Å². The van der Waals surface area contributed by atoms with Crippen LogP contribution < -0.4 is 10.6 Å². The number of allylic oxidation sites excluding steroid dienone is 4. The normalized spacial score (nSPS) is 12.4. The predicted octanol–water partition coefficient (Wildman–Crippen LogP) is 5.34. The first-order chi connectivity index (χ1) is 10.4. The number of hydrogen-bond acceptors (Lipinski definition) is 0. The molecule has 0 bridgehead atoms. The molecule has 1 aliphatic carbocycles. The van der Waals surface area contributed by atoms with Gasteiger partial charge in [0.1, 0.15) is 0 Å². The number of rotatable bonds is 3. The van der Waals surface area contributed by atoms with Crippen molar-refractivity contribution in [2.75, 3.05) is 0 Å². The third kappa shape index (κ3) is 5.96. The first kappa shape index (κ1) is 20.2. The van der Waals surface area contributed by atoms with Crippen LogP contribution in [0.25, 0.3) is 0 Å². The zero-order valence-electron chi connectivity index (χ0n) is 11.6. The topological polar surface area (TPSA) is 0 Å². The van der Waals surface area contributed by atoms with Crippen molar-refractivity contribution in [3.05, 3.63) is 84.2 Å². The van der Waals surface area contributed by atoms with E-state index < -0.39 is 0 Å². The van der Waals surface area contributed by atoms with Gasteiger partial charge in [-0.3, -0.25) is 0 Å². The minimum absolute atomic E-state index is 0. The minimum Gasteiger partial charge on any atom is 0 e. The summed E-state index contributed by atoms with van der Waals surface area (Å²) in [6, 6.07) is 21.7. The largest absolute Gasteiger partial charge is 0 e. The van der Waals surface area contributed by atoms with E-state index in [1.807, 2.05) is 0 Å². The summed E-state index contributed by atoms with van der Waals surface area (Å²) in [5, 5.41) is 4.33. The summed E-state index contributed by atoms with van der Waals surface area (Å²) in [6.07, 6.45) is 7.96. The van der Waals surface area contributed by atoms with Crippen molar-refractivity contribution in [1.82, 2.24) is 0 Å². The second-order valence-electron chi connectivity index (χ2n) is 4.32. The molecular weight excluding hydrogens is 468 g/mol. The number of benzene rings is 2. The zero-order valence-corrected chi connectivity index (χ0v) is 16.7. The van der Waals surface area contributed by atoms with Crippen LogP contribution in [0.15, 0.2) is 84.2 Å². The smallest absolute Gasteiger partial charge is 0 e. The minimum atomic E-state index is -0.378. The van der Waals surface area contributed by atoms with Crippen LogP contribution in [0.1, 0.15) is 6.42 Å². The summed E-state index contributed by atoms with van der Waals surface area (Å²) in [4.78, 5) is 0. The number of halogens is 2. The zero-order chi connectivity index (χ0) is 14.9. The van der Waals surface area contributed by atoms with Gasteiger partial charge in [-0.25, -0.2) is 0 Å². The molecule has 2 aromatic carbocycles. The molecule has 0 radical (unpaired) electrons. The molecule has 2 aromatic rings. The first-order valence-electron chi connectivity index (χ1n) is 6.46. The van der Waals surface area contributed by atoms with Crippen molar-refractivity contribution in [3.63, 3.8) is 0 Å². The maximum Gasteiger partial charge on any atom is 0 e. The van der Waals surface area contributed by atoms with Crippen molar-refractivity contribution < 1.29 is 33.0 Å². The Bertz CT molecular complexity index is 563. The Morgan fingerprint density at radius 2 is 1.27 bits per heavy atom. The average molecular weight is 483 g/mol. The van der Waals surface area contributed by atoms with Gasteiger partial charge in [-0.1, -0.05) is 78.9 Å². The molecule has 0 saturated carbocycles. The fraction of sp³-hybridized carbons (Fsp3) is 0.0588. The van der Waals surface area contributed by atoms with Gasteiger partial charge in [-0.2, -0.15) is 0 Å². The maximum atomic E-state index is 4.81. The van der Waals surface area contributed by atoms with Crippen LogP contribution in [0.5, 0.6) is 0 Å². The Kier molecular flexibility index (Phi) is 10.6. The predicted molar refractivity (Wildman–Crippen MR) is 92.6 cm³/mol. The summed E-state index contributed by atoms with van der Waals surface area (Å²) >= 11 is -0.106. The van der Waals surface area contributed by atoms with Gasteiger partial charge >= 0.3 is 35.0 Å². The maximum absolute atomic E-state index is 4.81. The van der Waals surface area contributed by atoms with E-state index in [-0.39, 0.29) is 40.9 Å². The Balaban J connectivity index is 0.000000562. The third-order valence-electron chi connectivity index (χ3n) is 3.04. The molecule has 5 heteroatoms. The van der Waals surface area contributed by atoms with Crippen LogP contribution in [0.3, 0.4) is 0 Å². The Hall–Kier alpha value is 0.112. The molecule has 0 nitrogen and oxygen atoms in total. The summed E-state index contributed by atoms with van der Waals surface area (Å²) in [7, 11) is 9.25. The van der Waals surface area contributed by atoms with E-state index in [2.05, 4.69) is 78.9 Å². The van der Waals surface area contributed by atoms with Crippen LogP contribution in [-0.2, 0) is 33.0 Å². The molecule has 0 saturated heterocycles. The molecule has 0 fully saturated rings. The van der Waals surface area contributed by atoms with Gasteiger partial charge in [-0.15, -0.1) is 0 Å². The van der Waals surface area contributed by atoms with E-state index in [0.717, 1.165) is 6.42 Å². The molecule has 0 spiro atoms. The molecule has 120 valence electrons. The Morgan fingerprint density at radius 3 is 1.64 bits per heavy atom. The monoisotopic (exact) mass is 482 g/mol. The van der Waals surface area contributed by atoms with Crippen LogP contribution in [0, 0.1) is 0 Å². The van der Waals surface area contributed by atoms with Crippen LogP contribution in [-0.4, -0.2) is 0 Å². The van der Waals surface area contributed by atoms with Gasteiger partial charge in [0.15, 0.2) is 0 Å². The van der Waals surface area contributed by atoms with Crippen molar-refractivity contribution in [2.45, 2.75) is 6.42 Å². The second-order valence-corrected chi connectivity index (χ2v) is 8.90. The molecule has 0 aliphatic heterocycles. The second kappa shape index (κ2) is 11.6. The van der Waals surface area contributed by atoms with Gasteiger partial charge in [0.05, 0.1) is 0 Å². The van der Waals surface area contributed by atoms with E-state index >= 15 is 0 Å². The average Bonchev–Trinajstić information content (AvgIpc) is 3.05. The van der Waals surface area contributed by atoms with Crippen LogP contribution >= 0.6 is 27.0 Å². The Labute approximate surface area is 160 Å². The standard InChI is InChI=1S/C17H15P.2ClH.Fe.Pd/c1-3-9-15(10-4-1)18(17-13-7-8-14-17)16-11-5-2-6-12-16;;;;/h1-7,9-14H,8H2;2*1H;;/q;;;;+2/p-2. The summed E-state index contributed by atoms with van der Waals surface area (Å²) < 4.78 is 0. The van der Waals surface area contributed by atoms with Crippen molar-refractivity contribution in [1.29, 1.82) is 0 Å². The quantitative estimate of drug-likeness (QED) is 0.409. The molecule has 0 amide bonds. The molecule has 1 aliphatic rings. The molecule has 0 heterocycles. The van der Waals surface area contributed by atoms with E-state index in [4.69, 9.17) is 19.1 Å². The van der Waals surface area contributed by atoms with Gasteiger partial charge in [0.25, 0.3) is 0 Å². The van der Waals surface area contributed by atoms with E-state index in [0.29, 0.717) is 0 Å². The SMILES string of the molecule is C1=CC(P(c2ccccc2)c2ccccc2)=CC1.[Cl][Pd][Cl].[Fe]. The fourth-order valence-electron chi connectivity index (χ4n) is 2.21. The van der Waals surface area contributed by atoms with Crippen LogP contribution in [0.4, 0.5) is 0 Å². The molecule has 0 unspecified atom stereocenters. The summed E-state index contributed by atoms with van der Waals surface area (Å²) in [6.45, 7) is 0. The van der Waals surface area contributed by atoms with Crippen molar-refractivity contribution in [2.24, 2.45) is 0 Å². The molecular formula is C17H15Cl2FePPd. The third-order valence-corrected chi connectivity index (χ3v) is 5.52. The fourth-order valence-corrected chi connectivity index (χ4v) is 4.59. The molecule has 0 N–H and O–H groups in total. The molecule has 0 aromatic heterocycles. The summed E-state index contributed by atoms with van der Waals surface area (Å²) in [5.41, 5.74) is 0. The van der Waals surface area contributed by atoms with E-state index in [9.17, 15) is 0 Å². The summed E-state index contributed by atoms with van der Waals surface area (Å²) in [5.74, 6) is 0. The molecule has 22 heavy (non-hydrogen) atoms. The van der Waals surface area contributed by atoms with Gasteiger partial charge in [0.2, 0.25) is 0 Å². The molecule has 0 atom stereocenters. The van der Waals surface area contributed by atoms with Gasteiger partial charge in [0, 0.05) is 17.1 Å². The first-order valence-corrected chi connectivity index (χ1v) is 11.8. The van der Waals surface area contributed by atoms with E-state index in [1.165, 1.54) is 15.9 Å². The van der Waals surface area contributed by atoms with E-state index in [1.54, 1.807) is 0 Å². The molecule has 3 rings (SSSR count). The Morgan fingerprint density at radius 1 is 0.818 bits per heavy atom. The van der Waals surface area contributed by atoms with Crippen molar-refractivity contribution >= 4 is 37.6 Å².